The van der Waals surface area contributed by atoms with Crippen molar-refractivity contribution >= 4 is 17.7 Å². The van der Waals surface area contributed by atoms with Crippen molar-refractivity contribution in [2.75, 3.05) is 26.2 Å². The highest BCUT2D eigenvalue weighted by Gasteiger charge is 2.43. The van der Waals surface area contributed by atoms with Gasteiger partial charge in [0.05, 0.1) is 0 Å². The number of hydrogen-bond acceptors (Lipinski definition) is 5. The molecule has 1 spiro atoms. The first-order valence-electron chi connectivity index (χ1n) is 10.2. The van der Waals surface area contributed by atoms with Crippen LogP contribution in [0.15, 0.2) is 18.2 Å². The molecular formula is C21H26N4O3. The summed E-state index contributed by atoms with van der Waals surface area (Å²) in [6.45, 7) is 5.90. The van der Waals surface area contributed by atoms with E-state index in [-0.39, 0.29) is 24.1 Å². The molecule has 1 atom stereocenters. The van der Waals surface area contributed by atoms with Crippen molar-refractivity contribution < 1.29 is 14.4 Å². The van der Waals surface area contributed by atoms with Gasteiger partial charge in [-0.05, 0) is 43.0 Å². The van der Waals surface area contributed by atoms with E-state index in [0.29, 0.717) is 23.9 Å². The fraction of sp³-hybridized carbons (Fsp3) is 0.571. The van der Waals surface area contributed by atoms with E-state index in [1.807, 2.05) is 12.1 Å². The number of fused-ring (bicyclic) bond motifs is 1. The van der Waals surface area contributed by atoms with Gasteiger partial charge in [-0.2, -0.15) is 0 Å². The lowest BCUT2D eigenvalue weighted by Crippen LogP contribution is -2.61. The topological polar surface area (TPSA) is 81.8 Å². The van der Waals surface area contributed by atoms with Crippen molar-refractivity contribution in [3.63, 3.8) is 0 Å². The Balaban J connectivity index is 1.25. The lowest BCUT2D eigenvalue weighted by Gasteiger charge is -2.52. The normalized spacial score (nSPS) is 26.9. The third kappa shape index (κ3) is 3.02. The zero-order valence-electron chi connectivity index (χ0n) is 16.0. The van der Waals surface area contributed by atoms with E-state index >= 15 is 0 Å². The van der Waals surface area contributed by atoms with E-state index in [2.05, 4.69) is 21.6 Å². The van der Waals surface area contributed by atoms with Crippen LogP contribution in [0.25, 0.3) is 0 Å². The zero-order chi connectivity index (χ0) is 19.3. The van der Waals surface area contributed by atoms with Crippen molar-refractivity contribution in [2.45, 2.75) is 44.8 Å². The van der Waals surface area contributed by atoms with Gasteiger partial charge >= 0.3 is 0 Å². The highest BCUT2D eigenvalue weighted by Crippen LogP contribution is 2.37. The molecule has 7 heteroatoms. The van der Waals surface area contributed by atoms with E-state index in [1.165, 1.54) is 18.4 Å². The summed E-state index contributed by atoms with van der Waals surface area (Å²) in [6, 6.07) is 5.50. The Kier molecular flexibility index (Phi) is 4.25. The van der Waals surface area contributed by atoms with Gasteiger partial charge in [-0.3, -0.25) is 24.6 Å². The van der Waals surface area contributed by atoms with Crippen LogP contribution < -0.4 is 10.6 Å². The van der Waals surface area contributed by atoms with Gasteiger partial charge in [0.1, 0.15) is 6.04 Å². The van der Waals surface area contributed by atoms with Gasteiger partial charge in [0.2, 0.25) is 11.8 Å². The molecular weight excluding hydrogens is 356 g/mol. The van der Waals surface area contributed by atoms with Crippen LogP contribution in [0.4, 0.5) is 0 Å². The number of hydrogen-bond donors (Lipinski definition) is 2. The number of piperidine rings is 2. The Hall–Kier alpha value is -2.25. The number of imide groups is 1. The summed E-state index contributed by atoms with van der Waals surface area (Å²) in [5.41, 5.74) is 3.36. The molecule has 0 aromatic heterocycles. The van der Waals surface area contributed by atoms with Crippen LogP contribution in [-0.2, 0) is 22.7 Å². The first kappa shape index (κ1) is 17.8. The molecule has 0 saturated carbocycles. The average molecular weight is 382 g/mol. The summed E-state index contributed by atoms with van der Waals surface area (Å²) in [6.07, 6.45) is 3.27. The molecule has 4 heterocycles. The molecule has 0 bridgehead atoms. The highest BCUT2D eigenvalue weighted by molar-refractivity contribution is 6.05. The lowest BCUT2D eigenvalue weighted by molar-refractivity contribution is -0.136. The molecule has 3 fully saturated rings. The molecule has 5 rings (SSSR count). The number of carbonyl (C=O) groups is 3. The minimum atomic E-state index is -0.546. The molecule has 4 aliphatic heterocycles. The Morgan fingerprint density at radius 3 is 2.79 bits per heavy atom. The Morgan fingerprint density at radius 2 is 2.04 bits per heavy atom. The monoisotopic (exact) mass is 382 g/mol. The van der Waals surface area contributed by atoms with E-state index < -0.39 is 6.04 Å². The summed E-state index contributed by atoms with van der Waals surface area (Å²) >= 11 is 0. The molecule has 148 valence electrons. The maximum atomic E-state index is 12.8. The summed E-state index contributed by atoms with van der Waals surface area (Å²) in [4.78, 5) is 40.4. The van der Waals surface area contributed by atoms with Crippen molar-refractivity contribution in [1.82, 2.24) is 20.4 Å². The lowest BCUT2D eigenvalue weighted by atomic mass is 9.74. The number of amides is 3. The van der Waals surface area contributed by atoms with E-state index in [9.17, 15) is 14.4 Å². The number of carbonyl (C=O) groups excluding carboxylic acids is 3. The first-order chi connectivity index (χ1) is 13.5. The van der Waals surface area contributed by atoms with Crippen LogP contribution in [0.5, 0.6) is 0 Å². The van der Waals surface area contributed by atoms with Crippen LogP contribution in [0.3, 0.4) is 0 Å². The minimum Gasteiger partial charge on any atom is -0.322 e. The number of likely N-dealkylation sites (tertiary alicyclic amines) is 1. The second-order valence-electron chi connectivity index (χ2n) is 8.82. The summed E-state index contributed by atoms with van der Waals surface area (Å²) in [5, 5.41) is 5.87. The summed E-state index contributed by atoms with van der Waals surface area (Å²) in [7, 11) is 0. The van der Waals surface area contributed by atoms with E-state index in [0.717, 1.165) is 38.3 Å². The second kappa shape index (κ2) is 6.67. The van der Waals surface area contributed by atoms with Gasteiger partial charge in [-0.1, -0.05) is 12.1 Å². The first-order valence-corrected chi connectivity index (χ1v) is 10.2. The van der Waals surface area contributed by atoms with Crippen LogP contribution in [0.2, 0.25) is 0 Å². The van der Waals surface area contributed by atoms with Crippen LogP contribution >= 0.6 is 0 Å². The molecule has 4 aliphatic rings. The quantitative estimate of drug-likeness (QED) is 0.750. The van der Waals surface area contributed by atoms with E-state index in [4.69, 9.17) is 0 Å². The Bertz CT molecular complexity index is 838. The van der Waals surface area contributed by atoms with Gasteiger partial charge in [-0.15, -0.1) is 0 Å². The molecule has 0 radical (unpaired) electrons. The maximum Gasteiger partial charge on any atom is 0.255 e. The van der Waals surface area contributed by atoms with Gasteiger partial charge in [0, 0.05) is 50.1 Å². The molecule has 1 aromatic rings. The van der Waals surface area contributed by atoms with Crippen LogP contribution in [0, 0.1) is 5.41 Å². The molecule has 1 aromatic carbocycles. The maximum absolute atomic E-state index is 12.8. The summed E-state index contributed by atoms with van der Waals surface area (Å²) in [5.74, 6) is -0.718. The predicted molar refractivity (Wildman–Crippen MR) is 102 cm³/mol. The molecule has 3 amide bonds. The van der Waals surface area contributed by atoms with Crippen molar-refractivity contribution in [2.24, 2.45) is 5.41 Å². The smallest absolute Gasteiger partial charge is 0.255 e. The standard InChI is InChI=1S/C21H26N4O3/c26-18-5-4-17(19(27)23-18)25-10-15-8-14(2-3-16(15)20(25)28)9-24-12-21(13-24)6-1-7-22-11-21/h2-3,8,17,22H,1,4-7,9-13H2,(H,23,26,27). The predicted octanol–water partition coefficient (Wildman–Crippen LogP) is 0.633. The largest absolute Gasteiger partial charge is 0.322 e. The third-order valence-electron chi connectivity index (χ3n) is 6.67. The molecule has 0 aliphatic carbocycles. The molecule has 7 nitrogen and oxygen atoms in total. The zero-order valence-corrected chi connectivity index (χ0v) is 16.0. The van der Waals surface area contributed by atoms with Crippen molar-refractivity contribution in [3.8, 4) is 0 Å². The number of nitrogens with zero attached hydrogens (tertiary/aromatic N) is 2. The molecule has 3 saturated heterocycles. The molecule has 1 unspecified atom stereocenters. The van der Waals surface area contributed by atoms with E-state index in [1.54, 1.807) is 4.90 Å². The number of nitrogens with one attached hydrogen (secondary N) is 2. The average Bonchev–Trinajstić information content (AvgIpc) is 2.97. The Labute approximate surface area is 164 Å². The fourth-order valence-electron chi connectivity index (χ4n) is 5.30. The van der Waals surface area contributed by atoms with Crippen molar-refractivity contribution in [3.05, 3.63) is 34.9 Å². The molecule has 2 N–H and O–H groups in total. The third-order valence-corrected chi connectivity index (χ3v) is 6.67. The second-order valence-corrected chi connectivity index (χ2v) is 8.82. The SMILES string of the molecule is O=C1CCC(N2Cc3cc(CN4CC5(CCCNC5)C4)ccc3C2=O)C(=O)N1. The van der Waals surface area contributed by atoms with Crippen molar-refractivity contribution in [1.29, 1.82) is 0 Å². The van der Waals surface area contributed by atoms with Crippen LogP contribution in [0.1, 0.15) is 47.2 Å². The minimum absolute atomic E-state index is 0.104. The number of benzene rings is 1. The fourth-order valence-corrected chi connectivity index (χ4v) is 5.30. The summed E-state index contributed by atoms with van der Waals surface area (Å²) < 4.78 is 0. The van der Waals surface area contributed by atoms with Gasteiger partial charge in [-0.25, -0.2) is 0 Å². The molecule has 28 heavy (non-hydrogen) atoms. The highest BCUT2D eigenvalue weighted by atomic mass is 16.2. The number of rotatable bonds is 3. The van der Waals surface area contributed by atoms with Gasteiger partial charge in [0.25, 0.3) is 5.91 Å². The van der Waals surface area contributed by atoms with Crippen LogP contribution in [-0.4, -0.2) is 59.7 Å². The van der Waals surface area contributed by atoms with Gasteiger partial charge in [0.15, 0.2) is 0 Å². The van der Waals surface area contributed by atoms with Gasteiger partial charge < -0.3 is 10.2 Å². The Morgan fingerprint density at radius 1 is 1.18 bits per heavy atom.